The predicted molar refractivity (Wildman–Crippen MR) is 40.9 cm³/mol. The van der Waals surface area contributed by atoms with E-state index in [-0.39, 0.29) is 0 Å². The number of hydrogen-bond donors (Lipinski definition) is 1. The van der Waals surface area contributed by atoms with Gasteiger partial charge in [0, 0.05) is 0 Å². The third-order valence-electron chi connectivity index (χ3n) is 2.04. The zero-order chi connectivity index (χ0) is 12.7. The summed E-state index contributed by atoms with van der Waals surface area (Å²) in [5.74, 6) is -9.05. The molecule has 8 heteroatoms. The molecule has 90 valence electrons. The van der Waals surface area contributed by atoms with Crippen molar-refractivity contribution in [2.24, 2.45) is 0 Å². The minimum atomic E-state index is -3.08. The van der Waals surface area contributed by atoms with Crippen molar-refractivity contribution < 1.29 is 36.6 Å². The third-order valence-corrected chi connectivity index (χ3v) is 2.04. The number of allylic oxidation sites excluding steroid dienone is 2. The molecule has 0 amide bonds. The summed E-state index contributed by atoms with van der Waals surface area (Å²) in [6.07, 6.45) is -5.23. The second-order valence-corrected chi connectivity index (χ2v) is 3.13. The van der Waals surface area contributed by atoms with Crippen LogP contribution in [-0.4, -0.2) is 23.0 Å². The predicted octanol–water partition coefficient (Wildman–Crippen LogP) is 3.09. The number of carboxylic acid groups (broad SMARTS) is 1. The van der Waals surface area contributed by atoms with Crippen molar-refractivity contribution in [2.75, 3.05) is 0 Å². The van der Waals surface area contributed by atoms with E-state index in [0.717, 1.165) is 0 Å². The molecule has 0 spiro atoms. The van der Waals surface area contributed by atoms with Crippen molar-refractivity contribution >= 4 is 6.16 Å². The Morgan fingerprint density at radius 3 is 2.25 bits per heavy atom. The van der Waals surface area contributed by atoms with E-state index in [1.807, 2.05) is 0 Å². The number of halogens is 5. The zero-order valence-corrected chi connectivity index (χ0v) is 7.73. The minimum absolute atomic E-state index is 0.451. The minimum Gasteiger partial charge on any atom is -0.450 e. The highest BCUT2D eigenvalue weighted by Gasteiger charge is 2.53. The summed E-state index contributed by atoms with van der Waals surface area (Å²) < 4.78 is 68.0. The topological polar surface area (TPSA) is 46.5 Å². The van der Waals surface area contributed by atoms with E-state index in [4.69, 9.17) is 5.11 Å². The highest BCUT2D eigenvalue weighted by atomic mass is 19.2. The number of hydrogen-bond acceptors (Lipinski definition) is 2. The van der Waals surface area contributed by atoms with Crippen molar-refractivity contribution in [1.82, 2.24) is 0 Å². The lowest BCUT2D eigenvalue weighted by atomic mass is 9.92. The van der Waals surface area contributed by atoms with Gasteiger partial charge in [-0.1, -0.05) is 0 Å². The Bertz CT molecular complexity index is 402. The smallest absolute Gasteiger partial charge is 0.450 e. The highest BCUT2D eigenvalue weighted by Crippen LogP contribution is 2.43. The van der Waals surface area contributed by atoms with Crippen LogP contribution < -0.4 is 0 Å². The summed E-state index contributed by atoms with van der Waals surface area (Å²) in [4.78, 5) is 10.1. The normalized spacial score (nSPS) is 30.8. The first-order valence-corrected chi connectivity index (χ1v) is 3.89. The fourth-order valence-electron chi connectivity index (χ4n) is 1.16. The molecule has 2 atom stereocenters. The Morgan fingerprint density at radius 1 is 1.31 bits per heavy atom. The summed E-state index contributed by atoms with van der Waals surface area (Å²) >= 11 is 0. The largest absolute Gasteiger partial charge is 0.506 e. The van der Waals surface area contributed by atoms with Crippen molar-refractivity contribution in [3.05, 3.63) is 23.3 Å². The van der Waals surface area contributed by atoms with E-state index < -0.39 is 41.2 Å². The molecule has 0 saturated heterocycles. The van der Waals surface area contributed by atoms with Crippen LogP contribution in [-0.2, 0) is 4.74 Å². The zero-order valence-electron chi connectivity index (χ0n) is 7.73. The molecule has 2 unspecified atom stereocenters. The van der Waals surface area contributed by atoms with Crippen LogP contribution >= 0.6 is 0 Å². The number of carbonyl (C=O) groups is 1. The van der Waals surface area contributed by atoms with Crippen LogP contribution in [0.3, 0.4) is 0 Å². The molecule has 16 heavy (non-hydrogen) atoms. The van der Waals surface area contributed by atoms with E-state index in [0.29, 0.717) is 6.92 Å². The van der Waals surface area contributed by atoms with Crippen LogP contribution in [0, 0.1) is 0 Å². The summed E-state index contributed by atoms with van der Waals surface area (Å²) in [7, 11) is 0. The molecule has 0 bridgehead atoms. The van der Waals surface area contributed by atoms with Crippen molar-refractivity contribution in [3.8, 4) is 0 Å². The highest BCUT2D eigenvalue weighted by molar-refractivity contribution is 5.59. The SMILES string of the molecule is CC1(OC(=O)O)C(F)=C(F)C(F)=C(F)C1F. The second-order valence-electron chi connectivity index (χ2n) is 3.13. The lowest BCUT2D eigenvalue weighted by Crippen LogP contribution is -2.45. The molecule has 0 aromatic rings. The molecule has 0 aromatic heterocycles. The molecule has 0 aliphatic heterocycles. The van der Waals surface area contributed by atoms with Crippen molar-refractivity contribution in [3.63, 3.8) is 0 Å². The standard InChI is InChI=1S/C8H5F5O3/c1-8(16-7(14)15)5(12)3(10)2(9)4(11)6(8)13/h5H,1H3,(H,14,15). The maximum atomic E-state index is 13.2. The molecule has 1 aliphatic rings. The Kier molecular flexibility index (Phi) is 2.93. The maximum absolute atomic E-state index is 13.2. The van der Waals surface area contributed by atoms with Crippen LogP contribution in [0.1, 0.15) is 6.92 Å². The van der Waals surface area contributed by atoms with Gasteiger partial charge in [0.25, 0.3) is 0 Å². The van der Waals surface area contributed by atoms with E-state index in [1.54, 1.807) is 0 Å². The Balaban J connectivity index is 3.29. The number of alkyl halides is 1. The molecule has 0 saturated carbocycles. The van der Waals surface area contributed by atoms with E-state index >= 15 is 0 Å². The quantitative estimate of drug-likeness (QED) is 0.569. The first-order valence-electron chi connectivity index (χ1n) is 3.89. The van der Waals surface area contributed by atoms with Gasteiger partial charge in [-0.15, -0.1) is 0 Å². The van der Waals surface area contributed by atoms with Crippen LogP contribution in [0.15, 0.2) is 23.3 Å². The summed E-state index contributed by atoms with van der Waals surface area (Å²) in [5, 5.41) is 8.17. The Labute approximate surface area is 85.8 Å². The van der Waals surface area contributed by atoms with Crippen LogP contribution in [0.25, 0.3) is 0 Å². The van der Waals surface area contributed by atoms with E-state index in [9.17, 15) is 26.7 Å². The van der Waals surface area contributed by atoms with Gasteiger partial charge in [-0.25, -0.2) is 26.7 Å². The van der Waals surface area contributed by atoms with E-state index in [1.165, 1.54) is 0 Å². The molecule has 0 aromatic carbocycles. The number of ether oxygens (including phenoxy) is 1. The Morgan fingerprint density at radius 2 is 1.81 bits per heavy atom. The first-order chi connectivity index (χ1) is 7.21. The molecule has 0 radical (unpaired) electrons. The molecule has 0 fully saturated rings. The van der Waals surface area contributed by atoms with Crippen LogP contribution in [0.2, 0.25) is 0 Å². The van der Waals surface area contributed by atoms with Gasteiger partial charge in [-0.05, 0) is 6.92 Å². The average Bonchev–Trinajstić information content (AvgIpc) is 2.21. The van der Waals surface area contributed by atoms with Gasteiger partial charge < -0.3 is 9.84 Å². The van der Waals surface area contributed by atoms with Gasteiger partial charge in [-0.2, -0.15) is 0 Å². The summed E-state index contributed by atoms with van der Waals surface area (Å²) in [5.41, 5.74) is -3.06. The molecule has 1 aliphatic carbocycles. The van der Waals surface area contributed by atoms with Crippen molar-refractivity contribution in [2.45, 2.75) is 18.7 Å². The van der Waals surface area contributed by atoms with Gasteiger partial charge in [0.05, 0.1) is 0 Å². The van der Waals surface area contributed by atoms with Gasteiger partial charge in [0.2, 0.25) is 11.8 Å². The summed E-state index contributed by atoms with van der Waals surface area (Å²) in [6.45, 7) is 0.451. The van der Waals surface area contributed by atoms with Gasteiger partial charge >= 0.3 is 6.16 Å². The van der Waals surface area contributed by atoms with Crippen LogP contribution in [0.4, 0.5) is 26.7 Å². The van der Waals surface area contributed by atoms with Crippen molar-refractivity contribution in [1.29, 1.82) is 0 Å². The molecule has 1 rings (SSSR count). The molecular weight excluding hydrogens is 239 g/mol. The fraction of sp³-hybridized carbons (Fsp3) is 0.375. The van der Waals surface area contributed by atoms with E-state index in [2.05, 4.69) is 4.74 Å². The number of rotatable bonds is 1. The average molecular weight is 244 g/mol. The monoisotopic (exact) mass is 244 g/mol. The first kappa shape index (κ1) is 12.5. The van der Waals surface area contributed by atoms with Gasteiger partial charge in [-0.3, -0.25) is 0 Å². The molecule has 1 N–H and O–H groups in total. The van der Waals surface area contributed by atoms with Gasteiger partial charge in [0.15, 0.2) is 23.3 Å². The maximum Gasteiger partial charge on any atom is 0.506 e. The Hall–Kier alpha value is -1.60. The fourth-order valence-corrected chi connectivity index (χ4v) is 1.16. The second kappa shape index (κ2) is 3.76. The van der Waals surface area contributed by atoms with Gasteiger partial charge in [0.1, 0.15) is 0 Å². The lowest BCUT2D eigenvalue weighted by molar-refractivity contribution is -0.0452. The summed E-state index contributed by atoms with van der Waals surface area (Å²) in [6, 6.07) is 0. The molecule has 0 heterocycles. The molecular formula is C8H5F5O3. The third kappa shape index (κ3) is 1.63. The van der Waals surface area contributed by atoms with Crippen LogP contribution in [0.5, 0.6) is 0 Å². The molecule has 3 nitrogen and oxygen atoms in total. The lowest BCUT2D eigenvalue weighted by Gasteiger charge is -2.31.